The molecule has 0 aliphatic carbocycles. The van der Waals surface area contributed by atoms with Gasteiger partial charge in [0.25, 0.3) is 5.91 Å². The van der Waals surface area contributed by atoms with Crippen molar-refractivity contribution in [2.24, 2.45) is 0 Å². The predicted octanol–water partition coefficient (Wildman–Crippen LogP) is 4.86. The van der Waals surface area contributed by atoms with Gasteiger partial charge in [0.2, 0.25) is 0 Å². The van der Waals surface area contributed by atoms with E-state index in [1.54, 1.807) is 0 Å². The maximum atomic E-state index is 12.8. The predicted molar refractivity (Wildman–Crippen MR) is 115 cm³/mol. The molecule has 1 aliphatic rings. The average Bonchev–Trinajstić information content (AvgIpc) is 3.18. The number of nitrogens with zero attached hydrogens (tertiary/aromatic N) is 2. The van der Waals surface area contributed by atoms with Crippen LogP contribution in [0.25, 0.3) is 11.0 Å². The SMILES string of the molecule is CC(Oc1ccc(C(C)C)cc1)C(=O)N1CCC(c2nc3ccccc3[nH]2)CC1. The highest BCUT2D eigenvalue weighted by molar-refractivity contribution is 5.81. The number of carbonyl (C=O) groups excluding carboxylic acids is 1. The molecule has 29 heavy (non-hydrogen) atoms. The first kappa shape index (κ1) is 19.5. The number of carbonyl (C=O) groups is 1. The molecule has 1 saturated heterocycles. The zero-order valence-corrected chi connectivity index (χ0v) is 17.4. The number of H-pyrrole nitrogens is 1. The van der Waals surface area contributed by atoms with Gasteiger partial charge in [-0.05, 0) is 55.5 Å². The van der Waals surface area contributed by atoms with E-state index in [1.165, 1.54) is 5.56 Å². The molecule has 5 nitrogen and oxygen atoms in total. The summed E-state index contributed by atoms with van der Waals surface area (Å²) in [5.41, 5.74) is 3.35. The molecule has 1 unspecified atom stereocenters. The van der Waals surface area contributed by atoms with Crippen LogP contribution in [-0.2, 0) is 4.79 Å². The van der Waals surface area contributed by atoms with Gasteiger partial charge in [0, 0.05) is 19.0 Å². The van der Waals surface area contributed by atoms with E-state index in [0.29, 0.717) is 11.8 Å². The summed E-state index contributed by atoms with van der Waals surface area (Å²) in [5.74, 6) is 2.68. The van der Waals surface area contributed by atoms with Crippen molar-refractivity contribution in [3.05, 3.63) is 59.9 Å². The van der Waals surface area contributed by atoms with Crippen LogP contribution in [0.3, 0.4) is 0 Å². The highest BCUT2D eigenvalue weighted by Crippen LogP contribution is 2.28. The summed E-state index contributed by atoms with van der Waals surface area (Å²) < 4.78 is 5.91. The van der Waals surface area contributed by atoms with Gasteiger partial charge in [-0.15, -0.1) is 0 Å². The highest BCUT2D eigenvalue weighted by atomic mass is 16.5. The largest absolute Gasteiger partial charge is 0.481 e. The Morgan fingerprint density at radius 3 is 2.41 bits per heavy atom. The molecule has 0 bridgehead atoms. The van der Waals surface area contributed by atoms with E-state index in [1.807, 2.05) is 42.2 Å². The van der Waals surface area contributed by atoms with Crippen LogP contribution in [0.2, 0.25) is 0 Å². The summed E-state index contributed by atoms with van der Waals surface area (Å²) in [6.07, 6.45) is 1.35. The number of aromatic nitrogens is 2. The number of imidazole rings is 1. The fourth-order valence-corrected chi connectivity index (χ4v) is 3.98. The third-order valence-electron chi connectivity index (χ3n) is 5.81. The minimum absolute atomic E-state index is 0.0565. The second-order valence-corrected chi connectivity index (χ2v) is 8.22. The summed E-state index contributed by atoms with van der Waals surface area (Å²) >= 11 is 0. The summed E-state index contributed by atoms with van der Waals surface area (Å²) in [6.45, 7) is 7.64. The maximum Gasteiger partial charge on any atom is 0.263 e. The van der Waals surface area contributed by atoms with Gasteiger partial charge in [-0.3, -0.25) is 4.79 Å². The monoisotopic (exact) mass is 391 g/mol. The van der Waals surface area contributed by atoms with Gasteiger partial charge in [0.05, 0.1) is 11.0 Å². The molecule has 1 amide bonds. The standard InChI is InChI=1S/C24H29N3O2/c1-16(2)18-8-10-20(11-9-18)29-17(3)24(28)27-14-12-19(13-15-27)23-25-21-6-4-5-7-22(21)26-23/h4-11,16-17,19H,12-15H2,1-3H3,(H,25,26). The molecule has 1 aliphatic heterocycles. The van der Waals surface area contributed by atoms with Crippen molar-refractivity contribution >= 4 is 16.9 Å². The lowest BCUT2D eigenvalue weighted by Crippen LogP contribution is -2.44. The number of nitrogens with one attached hydrogen (secondary N) is 1. The van der Waals surface area contributed by atoms with Crippen LogP contribution in [0.1, 0.15) is 56.8 Å². The molecule has 2 aromatic carbocycles. The number of hydrogen-bond donors (Lipinski definition) is 1. The topological polar surface area (TPSA) is 58.2 Å². The molecular formula is C24H29N3O2. The summed E-state index contributed by atoms with van der Waals surface area (Å²) in [7, 11) is 0. The Morgan fingerprint density at radius 1 is 1.07 bits per heavy atom. The number of aromatic amines is 1. The zero-order chi connectivity index (χ0) is 20.4. The van der Waals surface area contributed by atoms with Crippen molar-refractivity contribution < 1.29 is 9.53 Å². The van der Waals surface area contributed by atoms with Crippen molar-refractivity contribution in [3.8, 4) is 5.75 Å². The average molecular weight is 392 g/mol. The number of fused-ring (bicyclic) bond motifs is 1. The Morgan fingerprint density at radius 2 is 1.76 bits per heavy atom. The number of amides is 1. The first-order valence-electron chi connectivity index (χ1n) is 10.5. The van der Waals surface area contributed by atoms with E-state index >= 15 is 0 Å². The Hall–Kier alpha value is -2.82. The van der Waals surface area contributed by atoms with Gasteiger partial charge >= 0.3 is 0 Å². The Bertz CT molecular complexity index is 936. The Balaban J connectivity index is 1.33. The number of likely N-dealkylation sites (tertiary alicyclic amines) is 1. The molecule has 5 heteroatoms. The first-order chi connectivity index (χ1) is 14.0. The number of benzene rings is 2. The van der Waals surface area contributed by atoms with Crippen molar-refractivity contribution in [2.75, 3.05) is 13.1 Å². The third kappa shape index (κ3) is 4.29. The fourth-order valence-electron chi connectivity index (χ4n) is 3.98. The van der Waals surface area contributed by atoms with Gasteiger partial charge in [-0.1, -0.05) is 38.1 Å². The lowest BCUT2D eigenvalue weighted by atomic mass is 9.96. The minimum Gasteiger partial charge on any atom is -0.481 e. The number of para-hydroxylation sites is 2. The molecule has 1 aromatic heterocycles. The van der Waals surface area contributed by atoms with E-state index < -0.39 is 6.10 Å². The Labute approximate surface area is 172 Å². The van der Waals surface area contributed by atoms with Crippen LogP contribution >= 0.6 is 0 Å². The quantitative estimate of drug-likeness (QED) is 0.676. The molecule has 2 heterocycles. The zero-order valence-electron chi connectivity index (χ0n) is 17.4. The van der Waals surface area contributed by atoms with Crippen LogP contribution in [0.15, 0.2) is 48.5 Å². The van der Waals surface area contributed by atoms with E-state index in [4.69, 9.17) is 9.72 Å². The number of hydrogen-bond acceptors (Lipinski definition) is 3. The molecule has 0 saturated carbocycles. The van der Waals surface area contributed by atoms with E-state index in [-0.39, 0.29) is 5.91 Å². The van der Waals surface area contributed by atoms with Gasteiger partial charge in [-0.2, -0.15) is 0 Å². The van der Waals surface area contributed by atoms with Crippen LogP contribution in [0.5, 0.6) is 5.75 Å². The fraction of sp³-hybridized carbons (Fsp3) is 0.417. The van der Waals surface area contributed by atoms with Crippen molar-refractivity contribution in [2.45, 2.75) is 51.6 Å². The van der Waals surface area contributed by atoms with Gasteiger partial charge in [-0.25, -0.2) is 4.98 Å². The number of rotatable bonds is 5. The van der Waals surface area contributed by atoms with Crippen LogP contribution in [0.4, 0.5) is 0 Å². The maximum absolute atomic E-state index is 12.8. The molecule has 0 spiro atoms. The van der Waals surface area contributed by atoms with E-state index in [2.05, 4.69) is 37.0 Å². The molecule has 1 fully saturated rings. The first-order valence-corrected chi connectivity index (χ1v) is 10.5. The second-order valence-electron chi connectivity index (χ2n) is 8.22. The number of ether oxygens (including phenoxy) is 1. The summed E-state index contributed by atoms with van der Waals surface area (Å²) in [6, 6.07) is 16.1. The second kappa shape index (κ2) is 8.27. The molecule has 152 valence electrons. The molecular weight excluding hydrogens is 362 g/mol. The normalized spacial score (nSPS) is 16.3. The van der Waals surface area contributed by atoms with Crippen LogP contribution in [0, 0.1) is 0 Å². The van der Waals surface area contributed by atoms with E-state index in [9.17, 15) is 4.79 Å². The Kier molecular flexibility index (Phi) is 5.56. The lowest BCUT2D eigenvalue weighted by molar-refractivity contribution is -0.139. The minimum atomic E-state index is -0.484. The molecule has 1 N–H and O–H groups in total. The number of piperidine rings is 1. The molecule has 3 aromatic rings. The van der Waals surface area contributed by atoms with Gasteiger partial charge in [0.1, 0.15) is 11.6 Å². The highest BCUT2D eigenvalue weighted by Gasteiger charge is 2.29. The smallest absolute Gasteiger partial charge is 0.263 e. The van der Waals surface area contributed by atoms with Crippen LogP contribution in [-0.4, -0.2) is 40.0 Å². The third-order valence-corrected chi connectivity index (χ3v) is 5.81. The van der Waals surface area contributed by atoms with Crippen molar-refractivity contribution in [1.29, 1.82) is 0 Å². The van der Waals surface area contributed by atoms with Crippen LogP contribution < -0.4 is 4.74 Å². The molecule has 4 rings (SSSR count). The molecule has 0 radical (unpaired) electrons. The summed E-state index contributed by atoms with van der Waals surface area (Å²) in [5, 5.41) is 0. The van der Waals surface area contributed by atoms with E-state index in [0.717, 1.165) is 48.5 Å². The van der Waals surface area contributed by atoms with Crippen molar-refractivity contribution in [3.63, 3.8) is 0 Å². The van der Waals surface area contributed by atoms with Gasteiger partial charge < -0.3 is 14.6 Å². The molecule has 1 atom stereocenters. The summed E-state index contributed by atoms with van der Waals surface area (Å²) in [4.78, 5) is 22.9. The van der Waals surface area contributed by atoms with Gasteiger partial charge in [0.15, 0.2) is 6.10 Å². The van der Waals surface area contributed by atoms with Crippen molar-refractivity contribution in [1.82, 2.24) is 14.9 Å². The lowest BCUT2D eigenvalue weighted by Gasteiger charge is -2.32.